The van der Waals surface area contributed by atoms with E-state index in [1.807, 2.05) is 12.4 Å². The smallest absolute Gasteiger partial charge is 0.225 e. The number of hydrogen-bond donors (Lipinski definition) is 0. The Morgan fingerprint density at radius 1 is 1.11 bits per heavy atom. The zero-order valence-corrected chi connectivity index (χ0v) is 17.2. The first kappa shape index (κ1) is 19.3. The molecule has 4 heterocycles. The Morgan fingerprint density at radius 3 is 2.57 bits per heavy atom. The summed E-state index contributed by atoms with van der Waals surface area (Å²) >= 11 is 0. The van der Waals surface area contributed by atoms with E-state index < -0.39 is 0 Å². The lowest BCUT2D eigenvalue weighted by atomic mass is 9.97. The largest absolute Gasteiger partial charge is 0.379 e. The Balaban J connectivity index is 1.44. The molecule has 2 aliphatic heterocycles. The van der Waals surface area contributed by atoms with Crippen LogP contribution in [0.5, 0.6) is 0 Å². The molecule has 0 unspecified atom stereocenters. The molecule has 2 fully saturated rings. The average Bonchev–Trinajstić information content (AvgIpc) is 3.09. The summed E-state index contributed by atoms with van der Waals surface area (Å²) in [6.07, 6.45) is 6.16. The highest BCUT2D eigenvalue weighted by atomic mass is 16.5. The molecule has 2 saturated heterocycles. The fourth-order valence-electron chi connectivity index (χ4n) is 3.99. The van der Waals surface area contributed by atoms with Crippen LogP contribution in [0.25, 0.3) is 0 Å². The normalized spacial score (nSPS) is 21.4. The van der Waals surface area contributed by atoms with Gasteiger partial charge in [0.25, 0.3) is 0 Å². The standard InChI is InChI=1S/C20H31N7O/c1-15(2)17-11-21-20(22-12-17)27-6-4-5-16(13-27)19-24-23-18(25(19)3)14-26-7-9-28-10-8-26/h11-12,15-16H,4-10,13-14H2,1-3H3/t16-/m1/s1. The number of anilines is 1. The third-order valence-electron chi connectivity index (χ3n) is 5.86. The van der Waals surface area contributed by atoms with Crippen molar-refractivity contribution in [2.45, 2.75) is 45.1 Å². The molecule has 0 aliphatic carbocycles. The quantitative estimate of drug-likeness (QED) is 0.779. The van der Waals surface area contributed by atoms with Crippen molar-refractivity contribution >= 4 is 5.95 Å². The van der Waals surface area contributed by atoms with Gasteiger partial charge in [-0.1, -0.05) is 13.8 Å². The maximum Gasteiger partial charge on any atom is 0.225 e. The summed E-state index contributed by atoms with van der Waals surface area (Å²) in [5.74, 6) is 3.74. The summed E-state index contributed by atoms with van der Waals surface area (Å²) in [5, 5.41) is 9.05. The number of piperidine rings is 1. The van der Waals surface area contributed by atoms with Gasteiger partial charge in [0.15, 0.2) is 0 Å². The van der Waals surface area contributed by atoms with Gasteiger partial charge in [-0.25, -0.2) is 9.97 Å². The van der Waals surface area contributed by atoms with Crippen molar-refractivity contribution in [1.29, 1.82) is 0 Å². The van der Waals surface area contributed by atoms with E-state index in [-0.39, 0.29) is 0 Å². The summed E-state index contributed by atoms with van der Waals surface area (Å²) in [5.41, 5.74) is 1.18. The van der Waals surface area contributed by atoms with Crippen molar-refractivity contribution in [2.24, 2.45) is 7.05 Å². The lowest BCUT2D eigenvalue weighted by Gasteiger charge is -2.32. The molecule has 0 spiro atoms. The molecule has 4 rings (SSSR count). The van der Waals surface area contributed by atoms with Gasteiger partial charge in [-0.15, -0.1) is 10.2 Å². The van der Waals surface area contributed by atoms with Crippen LogP contribution in [0.4, 0.5) is 5.95 Å². The Hall–Kier alpha value is -2.06. The summed E-state index contributed by atoms with van der Waals surface area (Å²) < 4.78 is 7.63. The number of aromatic nitrogens is 5. The predicted molar refractivity (Wildman–Crippen MR) is 107 cm³/mol. The summed E-state index contributed by atoms with van der Waals surface area (Å²) in [7, 11) is 2.10. The van der Waals surface area contributed by atoms with Gasteiger partial charge in [-0.05, 0) is 24.3 Å². The van der Waals surface area contributed by atoms with Gasteiger partial charge < -0.3 is 14.2 Å². The molecule has 8 nitrogen and oxygen atoms in total. The molecular formula is C20H31N7O. The maximum atomic E-state index is 5.44. The molecule has 0 bridgehead atoms. The van der Waals surface area contributed by atoms with E-state index in [1.54, 1.807) is 0 Å². The van der Waals surface area contributed by atoms with E-state index in [2.05, 4.69) is 55.4 Å². The van der Waals surface area contributed by atoms with Crippen LogP contribution in [0.15, 0.2) is 12.4 Å². The fraction of sp³-hybridized carbons (Fsp3) is 0.700. The highest BCUT2D eigenvalue weighted by Gasteiger charge is 2.27. The molecule has 0 amide bonds. The van der Waals surface area contributed by atoms with Crippen LogP contribution in [0.2, 0.25) is 0 Å². The first-order valence-electron chi connectivity index (χ1n) is 10.4. The van der Waals surface area contributed by atoms with Crippen molar-refractivity contribution in [1.82, 2.24) is 29.6 Å². The summed E-state index contributed by atoms with van der Waals surface area (Å²) in [6, 6.07) is 0. The number of morpholine rings is 1. The molecule has 1 atom stereocenters. The van der Waals surface area contributed by atoms with Crippen LogP contribution in [-0.2, 0) is 18.3 Å². The zero-order valence-electron chi connectivity index (χ0n) is 17.2. The molecule has 0 radical (unpaired) electrons. The van der Waals surface area contributed by atoms with E-state index in [0.717, 1.165) is 76.4 Å². The Bertz CT molecular complexity index is 767. The van der Waals surface area contributed by atoms with Crippen LogP contribution >= 0.6 is 0 Å². The lowest BCUT2D eigenvalue weighted by Crippen LogP contribution is -2.37. The summed E-state index contributed by atoms with van der Waals surface area (Å²) in [4.78, 5) is 13.9. The van der Waals surface area contributed by atoms with Gasteiger partial charge in [0, 0.05) is 51.5 Å². The first-order valence-corrected chi connectivity index (χ1v) is 10.4. The van der Waals surface area contributed by atoms with Gasteiger partial charge in [-0.3, -0.25) is 4.90 Å². The SMILES string of the molecule is CC(C)c1cnc(N2CCC[C@@H](c3nnc(CN4CCOCC4)n3C)C2)nc1. The Morgan fingerprint density at radius 2 is 1.86 bits per heavy atom. The average molecular weight is 386 g/mol. The van der Waals surface area contributed by atoms with E-state index in [0.29, 0.717) is 11.8 Å². The minimum Gasteiger partial charge on any atom is -0.379 e. The summed E-state index contributed by atoms with van der Waals surface area (Å²) in [6.45, 7) is 10.6. The van der Waals surface area contributed by atoms with Gasteiger partial charge in [-0.2, -0.15) is 0 Å². The van der Waals surface area contributed by atoms with Crippen molar-refractivity contribution in [2.75, 3.05) is 44.3 Å². The number of ether oxygens (including phenoxy) is 1. The van der Waals surface area contributed by atoms with E-state index in [1.165, 1.54) is 5.56 Å². The minimum atomic E-state index is 0.359. The van der Waals surface area contributed by atoms with Gasteiger partial charge in [0.05, 0.1) is 19.8 Å². The highest BCUT2D eigenvalue weighted by Crippen LogP contribution is 2.28. The third-order valence-corrected chi connectivity index (χ3v) is 5.86. The zero-order chi connectivity index (χ0) is 19.5. The van der Waals surface area contributed by atoms with Crippen molar-refractivity contribution < 1.29 is 4.74 Å². The molecule has 152 valence electrons. The van der Waals surface area contributed by atoms with Crippen LogP contribution < -0.4 is 4.90 Å². The highest BCUT2D eigenvalue weighted by molar-refractivity contribution is 5.32. The van der Waals surface area contributed by atoms with E-state index in [9.17, 15) is 0 Å². The van der Waals surface area contributed by atoms with Crippen LogP contribution in [0.1, 0.15) is 55.7 Å². The molecule has 0 N–H and O–H groups in total. The molecule has 2 aromatic rings. The second kappa shape index (κ2) is 8.53. The van der Waals surface area contributed by atoms with Crippen LogP contribution in [-0.4, -0.2) is 69.0 Å². The number of nitrogens with zero attached hydrogens (tertiary/aromatic N) is 7. The molecule has 2 aromatic heterocycles. The van der Waals surface area contributed by atoms with Crippen LogP contribution in [0.3, 0.4) is 0 Å². The van der Waals surface area contributed by atoms with Gasteiger partial charge in [0.2, 0.25) is 5.95 Å². The third kappa shape index (κ3) is 4.17. The van der Waals surface area contributed by atoms with Gasteiger partial charge in [0.1, 0.15) is 11.6 Å². The minimum absolute atomic E-state index is 0.359. The maximum absolute atomic E-state index is 5.44. The van der Waals surface area contributed by atoms with Gasteiger partial charge >= 0.3 is 0 Å². The first-order chi connectivity index (χ1) is 13.6. The van der Waals surface area contributed by atoms with Crippen molar-refractivity contribution in [3.8, 4) is 0 Å². The molecule has 2 aliphatic rings. The second-order valence-corrected chi connectivity index (χ2v) is 8.18. The molecule has 0 saturated carbocycles. The topological polar surface area (TPSA) is 72.2 Å². The number of rotatable bonds is 5. The molecular weight excluding hydrogens is 354 g/mol. The predicted octanol–water partition coefficient (Wildman–Crippen LogP) is 1.94. The van der Waals surface area contributed by atoms with Crippen LogP contribution in [0, 0.1) is 0 Å². The van der Waals surface area contributed by atoms with Crippen molar-refractivity contribution in [3.63, 3.8) is 0 Å². The monoisotopic (exact) mass is 385 g/mol. The Labute approximate surface area is 166 Å². The molecule has 0 aromatic carbocycles. The number of hydrogen-bond acceptors (Lipinski definition) is 7. The second-order valence-electron chi connectivity index (χ2n) is 8.18. The Kier molecular flexibility index (Phi) is 5.87. The molecule has 28 heavy (non-hydrogen) atoms. The van der Waals surface area contributed by atoms with Crippen molar-refractivity contribution in [3.05, 3.63) is 29.6 Å². The fourth-order valence-corrected chi connectivity index (χ4v) is 3.99. The lowest BCUT2D eigenvalue weighted by molar-refractivity contribution is 0.0326. The van der Waals surface area contributed by atoms with E-state index >= 15 is 0 Å². The van der Waals surface area contributed by atoms with E-state index in [4.69, 9.17) is 4.74 Å². The molecule has 8 heteroatoms.